The van der Waals surface area contributed by atoms with Gasteiger partial charge in [0.1, 0.15) is 12.0 Å². The lowest BCUT2D eigenvalue weighted by Crippen LogP contribution is -2.57. The molecule has 0 unspecified atom stereocenters. The van der Waals surface area contributed by atoms with Crippen molar-refractivity contribution in [1.82, 2.24) is 35.4 Å². The summed E-state index contributed by atoms with van der Waals surface area (Å²) < 4.78 is 1.74. The molecule has 1 aliphatic rings. The maximum Gasteiger partial charge on any atom is 0.269 e. The second-order valence-corrected chi connectivity index (χ2v) is 6.78. The number of rotatable bonds is 4. The third kappa shape index (κ3) is 2.68. The number of H-pyrrole nitrogens is 1. The first-order valence-electron chi connectivity index (χ1n) is 8.44. The Hall–Kier alpha value is -2.74. The number of nitrogens with zero attached hydrogens (tertiary/aromatic N) is 4. The van der Waals surface area contributed by atoms with Gasteiger partial charge in [-0.3, -0.25) is 9.89 Å². The van der Waals surface area contributed by atoms with E-state index >= 15 is 0 Å². The molecule has 3 aromatic heterocycles. The smallest absolute Gasteiger partial charge is 0.269 e. The first-order chi connectivity index (χ1) is 12.0. The topological polar surface area (TPSA) is 100 Å². The standard InChI is InChI=1S/C17H21N7O/c1-9(2)13-14(11-4-10(3)16-19-8-20-24(16)7-11)22-23-15(13)17(25)21-12-5-18-6-12/h4,7-9,12,18H,5-6H2,1-3H3,(H,21,25)(H,22,23). The van der Waals surface area contributed by atoms with Crippen LogP contribution >= 0.6 is 0 Å². The van der Waals surface area contributed by atoms with E-state index in [2.05, 4.69) is 44.8 Å². The minimum Gasteiger partial charge on any atom is -0.345 e. The molecule has 0 atom stereocenters. The van der Waals surface area contributed by atoms with Crippen LogP contribution in [0.4, 0.5) is 0 Å². The molecule has 1 saturated heterocycles. The molecule has 8 nitrogen and oxygen atoms in total. The van der Waals surface area contributed by atoms with E-state index in [1.54, 1.807) is 4.52 Å². The normalized spacial score (nSPS) is 14.9. The highest BCUT2D eigenvalue weighted by atomic mass is 16.2. The third-order valence-electron chi connectivity index (χ3n) is 4.56. The maximum absolute atomic E-state index is 12.6. The van der Waals surface area contributed by atoms with E-state index in [0.717, 1.165) is 41.1 Å². The fourth-order valence-corrected chi connectivity index (χ4v) is 3.18. The third-order valence-corrected chi connectivity index (χ3v) is 4.56. The molecule has 130 valence electrons. The lowest BCUT2D eigenvalue weighted by atomic mass is 9.96. The van der Waals surface area contributed by atoms with Crippen molar-refractivity contribution in [3.8, 4) is 11.3 Å². The van der Waals surface area contributed by atoms with Crippen LogP contribution in [-0.4, -0.2) is 49.8 Å². The van der Waals surface area contributed by atoms with Gasteiger partial charge < -0.3 is 10.6 Å². The van der Waals surface area contributed by atoms with Crippen LogP contribution in [0.3, 0.4) is 0 Å². The molecule has 0 aliphatic carbocycles. The molecular weight excluding hydrogens is 318 g/mol. The van der Waals surface area contributed by atoms with E-state index in [0.29, 0.717) is 5.69 Å². The lowest BCUT2D eigenvalue weighted by Gasteiger charge is -2.27. The van der Waals surface area contributed by atoms with Crippen LogP contribution in [0.2, 0.25) is 0 Å². The number of fused-ring (bicyclic) bond motifs is 1. The lowest BCUT2D eigenvalue weighted by molar-refractivity contribution is 0.0917. The first-order valence-corrected chi connectivity index (χ1v) is 8.44. The van der Waals surface area contributed by atoms with Crippen molar-refractivity contribution >= 4 is 11.6 Å². The highest BCUT2D eigenvalue weighted by molar-refractivity contribution is 5.96. The summed E-state index contributed by atoms with van der Waals surface area (Å²) >= 11 is 0. The van der Waals surface area contributed by atoms with Crippen molar-refractivity contribution < 1.29 is 4.79 Å². The zero-order chi connectivity index (χ0) is 17.6. The van der Waals surface area contributed by atoms with Crippen LogP contribution < -0.4 is 10.6 Å². The van der Waals surface area contributed by atoms with Gasteiger partial charge in [-0.1, -0.05) is 13.8 Å². The van der Waals surface area contributed by atoms with Crippen LogP contribution in [0.15, 0.2) is 18.6 Å². The summed E-state index contributed by atoms with van der Waals surface area (Å²) in [7, 11) is 0. The second-order valence-electron chi connectivity index (χ2n) is 6.78. The largest absolute Gasteiger partial charge is 0.345 e. The quantitative estimate of drug-likeness (QED) is 0.664. The van der Waals surface area contributed by atoms with Gasteiger partial charge in [0.2, 0.25) is 0 Å². The number of hydrogen-bond donors (Lipinski definition) is 3. The van der Waals surface area contributed by atoms with E-state index in [-0.39, 0.29) is 17.9 Å². The fourth-order valence-electron chi connectivity index (χ4n) is 3.18. The summed E-state index contributed by atoms with van der Waals surface area (Å²) in [5, 5.41) is 17.8. The predicted octanol–water partition coefficient (Wildman–Crippen LogP) is 1.25. The highest BCUT2D eigenvalue weighted by Crippen LogP contribution is 2.31. The Morgan fingerprint density at radius 1 is 1.40 bits per heavy atom. The van der Waals surface area contributed by atoms with Crippen LogP contribution in [0.25, 0.3) is 16.9 Å². The summed E-state index contributed by atoms with van der Waals surface area (Å²) in [5.41, 5.74) is 4.99. The van der Waals surface area contributed by atoms with Crippen molar-refractivity contribution in [3.63, 3.8) is 0 Å². The molecule has 0 saturated carbocycles. The Balaban J connectivity index is 1.77. The Bertz CT molecular complexity index is 936. The molecule has 3 N–H and O–H groups in total. The summed E-state index contributed by atoms with van der Waals surface area (Å²) in [6.07, 6.45) is 3.43. The van der Waals surface area contributed by atoms with Gasteiger partial charge in [0.15, 0.2) is 5.65 Å². The van der Waals surface area contributed by atoms with E-state index in [1.165, 1.54) is 6.33 Å². The van der Waals surface area contributed by atoms with Crippen molar-refractivity contribution in [2.45, 2.75) is 32.7 Å². The van der Waals surface area contributed by atoms with Gasteiger partial charge in [0.25, 0.3) is 5.91 Å². The van der Waals surface area contributed by atoms with Gasteiger partial charge in [-0.2, -0.15) is 10.2 Å². The van der Waals surface area contributed by atoms with E-state index < -0.39 is 0 Å². The molecule has 4 rings (SSSR count). The Morgan fingerprint density at radius 3 is 2.88 bits per heavy atom. The molecule has 0 bridgehead atoms. The predicted molar refractivity (Wildman–Crippen MR) is 93.5 cm³/mol. The second kappa shape index (κ2) is 5.96. The molecule has 0 radical (unpaired) electrons. The molecule has 25 heavy (non-hydrogen) atoms. The molecular formula is C17H21N7O. The summed E-state index contributed by atoms with van der Waals surface area (Å²) in [6.45, 7) is 7.75. The van der Waals surface area contributed by atoms with Crippen molar-refractivity contribution in [2.75, 3.05) is 13.1 Å². The fraction of sp³-hybridized carbons (Fsp3) is 0.412. The van der Waals surface area contributed by atoms with Gasteiger partial charge in [0.05, 0.1) is 11.7 Å². The van der Waals surface area contributed by atoms with Crippen molar-refractivity contribution in [3.05, 3.63) is 35.4 Å². The summed E-state index contributed by atoms with van der Waals surface area (Å²) in [6, 6.07) is 2.22. The van der Waals surface area contributed by atoms with Crippen molar-refractivity contribution in [1.29, 1.82) is 0 Å². The van der Waals surface area contributed by atoms with E-state index in [4.69, 9.17) is 0 Å². The number of pyridine rings is 1. The van der Waals surface area contributed by atoms with Crippen LogP contribution in [0, 0.1) is 6.92 Å². The van der Waals surface area contributed by atoms with Gasteiger partial charge in [-0.15, -0.1) is 0 Å². The molecule has 4 heterocycles. The molecule has 8 heteroatoms. The Kier molecular flexibility index (Phi) is 3.76. The number of aromatic amines is 1. The zero-order valence-electron chi connectivity index (χ0n) is 14.5. The van der Waals surface area contributed by atoms with Gasteiger partial charge in [-0.05, 0) is 24.5 Å². The average molecular weight is 339 g/mol. The summed E-state index contributed by atoms with van der Waals surface area (Å²) in [5.74, 6) is 0.0493. The molecule has 0 spiro atoms. The molecule has 1 aliphatic heterocycles. The monoisotopic (exact) mass is 339 g/mol. The Labute approximate surface area is 145 Å². The van der Waals surface area contributed by atoms with Crippen LogP contribution in [0.5, 0.6) is 0 Å². The van der Waals surface area contributed by atoms with Crippen molar-refractivity contribution in [2.24, 2.45) is 0 Å². The van der Waals surface area contributed by atoms with Crippen LogP contribution in [0.1, 0.15) is 41.4 Å². The number of hydrogen-bond acceptors (Lipinski definition) is 5. The minimum absolute atomic E-state index is 0.104. The van der Waals surface area contributed by atoms with E-state index in [9.17, 15) is 4.79 Å². The van der Waals surface area contributed by atoms with Gasteiger partial charge >= 0.3 is 0 Å². The number of aryl methyl sites for hydroxylation is 1. The SMILES string of the molecule is Cc1cc(-c2n[nH]c(C(=O)NC3CNC3)c2C(C)C)cn2ncnc12. The highest BCUT2D eigenvalue weighted by Gasteiger charge is 2.26. The summed E-state index contributed by atoms with van der Waals surface area (Å²) in [4.78, 5) is 16.9. The molecule has 1 fully saturated rings. The van der Waals surface area contributed by atoms with Gasteiger partial charge in [-0.25, -0.2) is 9.50 Å². The molecule has 3 aromatic rings. The average Bonchev–Trinajstić information content (AvgIpc) is 3.16. The van der Waals surface area contributed by atoms with Crippen LogP contribution in [-0.2, 0) is 0 Å². The number of carbonyl (C=O) groups is 1. The molecule has 0 aromatic carbocycles. The first kappa shape index (κ1) is 15.8. The van der Waals surface area contributed by atoms with Gasteiger partial charge in [0, 0.05) is 30.4 Å². The Morgan fingerprint density at radius 2 is 2.20 bits per heavy atom. The maximum atomic E-state index is 12.6. The number of aromatic nitrogens is 5. The molecule has 1 amide bonds. The zero-order valence-corrected chi connectivity index (χ0v) is 14.5. The van der Waals surface area contributed by atoms with E-state index in [1.807, 2.05) is 19.2 Å². The minimum atomic E-state index is -0.104. The number of amides is 1. The number of carbonyl (C=O) groups excluding carboxylic acids is 1. The number of nitrogens with one attached hydrogen (secondary N) is 3.